The second kappa shape index (κ2) is 6.17. The molecule has 14 heavy (non-hydrogen) atoms. The topological polar surface area (TPSA) is 3.24 Å². The summed E-state index contributed by atoms with van der Waals surface area (Å²) in [7, 11) is -0.787. The predicted octanol–water partition coefficient (Wildman–Crippen LogP) is 1.69. The molecule has 0 amide bonds. The lowest BCUT2D eigenvalue weighted by Gasteiger charge is -2.20. The van der Waals surface area contributed by atoms with Gasteiger partial charge in [-0.2, -0.15) is 11.5 Å². The maximum atomic E-state index is 6.28. The molecule has 0 radical (unpaired) electrons. The van der Waals surface area contributed by atoms with Crippen molar-refractivity contribution in [2.24, 2.45) is 0 Å². The Morgan fingerprint density at radius 2 is 2.00 bits per heavy atom. The van der Waals surface area contributed by atoms with E-state index >= 15 is 0 Å². The van der Waals surface area contributed by atoms with Crippen molar-refractivity contribution >= 4 is 43.3 Å². The van der Waals surface area contributed by atoms with Crippen LogP contribution in [0, 0.1) is 0 Å². The molecule has 0 saturated carbocycles. The summed E-state index contributed by atoms with van der Waals surface area (Å²) in [6.45, 7) is 1.96. The van der Waals surface area contributed by atoms with E-state index in [4.69, 9.17) is 22.5 Å². The zero-order valence-corrected chi connectivity index (χ0v) is 11.0. The Balaban J connectivity index is 2.77. The molecule has 1 aromatic rings. The highest BCUT2D eigenvalue weighted by atomic mass is 35.6. The van der Waals surface area contributed by atoms with Crippen molar-refractivity contribution in [1.82, 2.24) is 4.48 Å². The Kier molecular flexibility index (Phi) is 5.15. The van der Waals surface area contributed by atoms with Crippen molar-refractivity contribution < 1.29 is 0 Å². The zero-order valence-electron chi connectivity index (χ0n) is 8.03. The van der Waals surface area contributed by atoms with Gasteiger partial charge in [0.15, 0.2) is 0 Å². The van der Waals surface area contributed by atoms with Gasteiger partial charge in [0, 0.05) is 0 Å². The summed E-state index contributed by atoms with van der Waals surface area (Å²) in [5.74, 6) is 0. The molecule has 0 spiro atoms. The third-order valence-electron chi connectivity index (χ3n) is 1.84. The average molecular weight is 244 g/mol. The molecule has 0 aromatic heterocycles. The van der Waals surface area contributed by atoms with Crippen molar-refractivity contribution in [2.45, 2.75) is 6.92 Å². The van der Waals surface area contributed by atoms with Crippen LogP contribution in [-0.2, 0) is 0 Å². The normalized spacial score (nSPS) is 11.4. The zero-order chi connectivity index (χ0) is 10.4. The number of halogens is 2. The fraction of sp³-hybridized carbons (Fsp3) is 0.111. The van der Waals surface area contributed by atoms with Crippen LogP contribution in [0.5, 0.6) is 0 Å². The number of allylic oxidation sites excluding steroid dienone is 1. The molecule has 1 nitrogen and oxygen atoms in total. The lowest BCUT2D eigenvalue weighted by Crippen LogP contribution is -2.41. The van der Waals surface area contributed by atoms with E-state index in [9.17, 15) is 0 Å². The van der Waals surface area contributed by atoms with Gasteiger partial charge in [-0.25, -0.2) is 0 Å². The highest BCUT2D eigenvalue weighted by Crippen LogP contribution is 2.02. The molecule has 0 aliphatic rings. The highest BCUT2D eigenvalue weighted by molar-refractivity contribution is 7.17. The Hall–Kier alpha value is -0.378. The van der Waals surface area contributed by atoms with E-state index in [1.54, 1.807) is 0 Å². The van der Waals surface area contributed by atoms with E-state index < -0.39 is 8.99 Å². The van der Waals surface area contributed by atoms with Crippen LogP contribution in [-0.4, -0.2) is 19.7 Å². The SMILES string of the molecule is CC=CN([SiH2]Cl)B(Cl)c1ccccc1. The summed E-state index contributed by atoms with van der Waals surface area (Å²) < 4.78 is 2.00. The molecular weight excluding hydrogens is 232 g/mol. The van der Waals surface area contributed by atoms with Crippen molar-refractivity contribution in [1.29, 1.82) is 0 Å². The van der Waals surface area contributed by atoms with Crippen molar-refractivity contribution in [2.75, 3.05) is 0 Å². The molecule has 1 rings (SSSR count). The molecule has 0 N–H and O–H groups in total. The first-order valence-corrected chi connectivity index (χ1v) is 7.64. The standard InChI is InChI=1S/C9H12BCl2NSi/c1-2-8-13(14-12)10(11)9-6-4-3-5-7-9/h2-8H,14H2,1H3. The van der Waals surface area contributed by atoms with Crippen LogP contribution in [0.2, 0.25) is 0 Å². The highest BCUT2D eigenvalue weighted by Gasteiger charge is 2.19. The maximum absolute atomic E-state index is 6.28. The predicted molar refractivity (Wildman–Crippen MR) is 68.7 cm³/mol. The minimum Gasteiger partial charge on any atom is -0.425 e. The molecule has 0 aliphatic carbocycles. The number of hydrogen-bond donors (Lipinski definition) is 0. The first kappa shape index (κ1) is 11.7. The Labute approximate surface area is 97.3 Å². The van der Waals surface area contributed by atoms with Gasteiger partial charge in [0.25, 0.3) is 0 Å². The molecule has 1 aromatic carbocycles. The molecule has 0 bridgehead atoms. The third kappa shape index (κ3) is 3.08. The molecule has 0 heterocycles. The van der Waals surface area contributed by atoms with E-state index in [0.29, 0.717) is 0 Å². The fourth-order valence-electron chi connectivity index (χ4n) is 1.17. The van der Waals surface area contributed by atoms with E-state index in [2.05, 4.69) is 0 Å². The summed E-state index contributed by atoms with van der Waals surface area (Å²) >= 11 is 12.2. The molecule has 0 atom stereocenters. The summed E-state index contributed by atoms with van der Waals surface area (Å²) in [6.07, 6.45) is 3.76. The number of hydrogen-bond acceptors (Lipinski definition) is 1. The van der Waals surface area contributed by atoms with Crippen LogP contribution in [0.4, 0.5) is 0 Å². The van der Waals surface area contributed by atoms with Gasteiger partial charge < -0.3 is 4.48 Å². The minimum atomic E-state index is -0.787. The summed E-state index contributed by atoms with van der Waals surface area (Å²) in [6, 6.07) is 9.96. The molecule has 0 fully saturated rings. The van der Waals surface area contributed by atoms with Gasteiger partial charge in [0.2, 0.25) is 8.99 Å². The van der Waals surface area contributed by atoms with Crippen molar-refractivity contribution in [3.8, 4) is 0 Å². The molecule has 5 heteroatoms. The van der Waals surface area contributed by atoms with Gasteiger partial charge in [0.05, 0.1) is 0 Å². The Bertz CT molecular complexity index is 294. The van der Waals surface area contributed by atoms with Gasteiger partial charge in [-0.3, -0.25) is 0 Å². The maximum Gasteiger partial charge on any atom is 0.387 e. The van der Waals surface area contributed by atoms with Gasteiger partial charge in [0.1, 0.15) is 0 Å². The summed E-state index contributed by atoms with van der Waals surface area (Å²) in [5.41, 5.74) is 1.08. The van der Waals surface area contributed by atoms with Crippen LogP contribution in [0.25, 0.3) is 0 Å². The lowest BCUT2D eigenvalue weighted by atomic mass is 9.81. The second-order valence-electron chi connectivity index (χ2n) is 2.86. The van der Waals surface area contributed by atoms with E-state index in [-0.39, 0.29) is 6.26 Å². The van der Waals surface area contributed by atoms with Crippen LogP contribution >= 0.6 is 22.5 Å². The van der Waals surface area contributed by atoms with Gasteiger partial charge in [-0.15, -0.1) is 11.1 Å². The van der Waals surface area contributed by atoms with Crippen LogP contribution < -0.4 is 5.46 Å². The molecule has 0 unspecified atom stereocenters. The van der Waals surface area contributed by atoms with Crippen LogP contribution in [0.15, 0.2) is 42.6 Å². The molecule has 74 valence electrons. The van der Waals surface area contributed by atoms with E-state index in [0.717, 1.165) is 5.46 Å². The number of rotatable bonds is 4. The minimum absolute atomic E-state index is 0.142. The van der Waals surface area contributed by atoms with Crippen LogP contribution in [0.3, 0.4) is 0 Å². The number of nitrogens with zero attached hydrogens (tertiary/aromatic N) is 1. The Morgan fingerprint density at radius 3 is 2.50 bits per heavy atom. The lowest BCUT2D eigenvalue weighted by molar-refractivity contribution is 0.950. The van der Waals surface area contributed by atoms with Crippen LogP contribution in [0.1, 0.15) is 6.92 Å². The van der Waals surface area contributed by atoms with Gasteiger partial charge in [-0.05, 0) is 18.6 Å². The van der Waals surface area contributed by atoms with Gasteiger partial charge in [-0.1, -0.05) is 36.4 Å². The van der Waals surface area contributed by atoms with Crippen molar-refractivity contribution in [3.05, 3.63) is 42.6 Å². The van der Waals surface area contributed by atoms with Gasteiger partial charge >= 0.3 is 6.26 Å². The fourth-order valence-corrected chi connectivity index (χ4v) is 3.08. The largest absolute Gasteiger partial charge is 0.425 e. The molecule has 0 saturated heterocycles. The van der Waals surface area contributed by atoms with Crippen molar-refractivity contribution in [3.63, 3.8) is 0 Å². The first-order chi connectivity index (χ1) is 6.79. The number of benzene rings is 1. The second-order valence-corrected chi connectivity index (χ2v) is 4.96. The third-order valence-corrected chi connectivity index (χ3v) is 4.26. The quantitative estimate of drug-likeness (QED) is 0.575. The first-order valence-electron chi connectivity index (χ1n) is 4.43. The van der Waals surface area contributed by atoms with E-state index in [1.807, 2.05) is 54.0 Å². The monoisotopic (exact) mass is 243 g/mol. The Morgan fingerprint density at radius 1 is 1.36 bits per heavy atom. The summed E-state index contributed by atoms with van der Waals surface area (Å²) in [4.78, 5) is 0. The summed E-state index contributed by atoms with van der Waals surface area (Å²) in [5, 5.41) is 0. The molecular formula is C9H12BCl2NSi. The average Bonchev–Trinajstić information content (AvgIpc) is 2.26. The van der Waals surface area contributed by atoms with E-state index in [1.165, 1.54) is 0 Å². The molecule has 0 aliphatic heterocycles. The smallest absolute Gasteiger partial charge is 0.387 e.